The molecule has 0 heterocycles. The van der Waals surface area contributed by atoms with Crippen molar-refractivity contribution in [2.24, 2.45) is 16.7 Å². The summed E-state index contributed by atoms with van der Waals surface area (Å²) in [4.78, 5) is 11.8. The van der Waals surface area contributed by atoms with Gasteiger partial charge in [0.2, 0.25) is 0 Å². The van der Waals surface area contributed by atoms with Crippen LogP contribution in [0.2, 0.25) is 0 Å². The van der Waals surface area contributed by atoms with E-state index in [9.17, 15) is 4.79 Å². The zero-order chi connectivity index (χ0) is 8.98. The SMILES string of the molecule is CC(C)(C)C(=O)C1CC12CCC2. The number of Topliss-reactive ketones (excluding diaryl/α,β-unsaturated/α-hetero) is 1. The molecule has 2 rings (SSSR count). The van der Waals surface area contributed by atoms with Crippen LogP contribution >= 0.6 is 0 Å². The topological polar surface area (TPSA) is 17.1 Å². The highest BCUT2D eigenvalue weighted by Gasteiger charge is 2.61. The van der Waals surface area contributed by atoms with Crippen LogP contribution in [0.4, 0.5) is 0 Å². The third-order valence-electron chi connectivity index (χ3n) is 3.59. The first-order chi connectivity index (χ1) is 5.46. The summed E-state index contributed by atoms with van der Waals surface area (Å²) in [6.07, 6.45) is 5.19. The summed E-state index contributed by atoms with van der Waals surface area (Å²) in [5, 5.41) is 0. The van der Waals surface area contributed by atoms with Crippen LogP contribution in [0.1, 0.15) is 46.5 Å². The van der Waals surface area contributed by atoms with Gasteiger partial charge in [-0.3, -0.25) is 4.79 Å². The lowest BCUT2D eigenvalue weighted by Gasteiger charge is -2.28. The van der Waals surface area contributed by atoms with E-state index in [0.717, 1.165) is 0 Å². The predicted octanol–water partition coefficient (Wildman–Crippen LogP) is 2.79. The number of rotatable bonds is 1. The van der Waals surface area contributed by atoms with Gasteiger partial charge in [-0.15, -0.1) is 0 Å². The van der Waals surface area contributed by atoms with Gasteiger partial charge in [0.15, 0.2) is 0 Å². The van der Waals surface area contributed by atoms with Crippen molar-refractivity contribution in [3.05, 3.63) is 0 Å². The van der Waals surface area contributed by atoms with Crippen molar-refractivity contribution in [3.63, 3.8) is 0 Å². The van der Waals surface area contributed by atoms with Crippen LogP contribution in [0, 0.1) is 16.7 Å². The van der Waals surface area contributed by atoms with Gasteiger partial charge >= 0.3 is 0 Å². The van der Waals surface area contributed by atoms with E-state index in [0.29, 0.717) is 17.1 Å². The van der Waals surface area contributed by atoms with E-state index in [-0.39, 0.29) is 5.41 Å². The summed E-state index contributed by atoms with van der Waals surface area (Å²) in [6, 6.07) is 0. The second-order valence-electron chi connectivity index (χ2n) is 5.59. The Kier molecular flexibility index (Phi) is 1.47. The van der Waals surface area contributed by atoms with Crippen molar-refractivity contribution in [1.29, 1.82) is 0 Å². The lowest BCUT2D eigenvalue weighted by molar-refractivity contribution is -0.128. The van der Waals surface area contributed by atoms with Gasteiger partial charge in [-0.25, -0.2) is 0 Å². The van der Waals surface area contributed by atoms with Gasteiger partial charge in [0.05, 0.1) is 0 Å². The zero-order valence-corrected chi connectivity index (χ0v) is 8.31. The second-order valence-corrected chi connectivity index (χ2v) is 5.59. The number of hydrogen-bond acceptors (Lipinski definition) is 1. The Morgan fingerprint density at radius 3 is 2.17 bits per heavy atom. The summed E-state index contributed by atoms with van der Waals surface area (Å²) in [5.74, 6) is 0.938. The molecule has 1 unspecified atom stereocenters. The molecule has 0 aromatic rings. The quantitative estimate of drug-likeness (QED) is 0.585. The third kappa shape index (κ3) is 1.02. The average Bonchev–Trinajstić information content (AvgIpc) is 2.55. The number of hydrogen-bond donors (Lipinski definition) is 0. The fourth-order valence-electron chi connectivity index (χ4n) is 2.42. The normalized spacial score (nSPS) is 31.4. The minimum absolute atomic E-state index is 0.107. The molecular weight excluding hydrogens is 148 g/mol. The Balaban J connectivity index is 2.00. The predicted molar refractivity (Wildman–Crippen MR) is 48.9 cm³/mol. The molecule has 12 heavy (non-hydrogen) atoms. The molecule has 2 saturated carbocycles. The molecule has 1 spiro atoms. The van der Waals surface area contributed by atoms with E-state index in [1.165, 1.54) is 25.7 Å². The molecule has 1 nitrogen and oxygen atoms in total. The van der Waals surface area contributed by atoms with Crippen LogP contribution in [0.15, 0.2) is 0 Å². The molecule has 0 saturated heterocycles. The smallest absolute Gasteiger partial charge is 0.141 e. The lowest BCUT2D eigenvalue weighted by atomic mass is 9.76. The summed E-state index contributed by atoms with van der Waals surface area (Å²) in [5.41, 5.74) is 0.411. The van der Waals surface area contributed by atoms with E-state index < -0.39 is 0 Å². The first kappa shape index (κ1) is 8.28. The summed E-state index contributed by atoms with van der Waals surface area (Å²) in [6.45, 7) is 6.13. The Morgan fingerprint density at radius 2 is 1.92 bits per heavy atom. The largest absolute Gasteiger partial charge is 0.299 e. The molecule has 0 aromatic carbocycles. The molecular formula is C11H18O. The van der Waals surface area contributed by atoms with Crippen molar-refractivity contribution < 1.29 is 4.79 Å². The number of carbonyl (C=O) groups is 1. The summed E-state index contributed by atoms with van der Waals surface area (Å²) < 4.78 is 0. The second kappa shape index (κ2) is 2.12. The van der Waals surface area contributed by atoms with Gasteiger partial charge in [-0.2, -0.15) is 0 Å². The van der Waals surface area contributed by atoms with E-state index >= 15 is 0 Å². The molecule has 0 amide bonds. The van der Waals surface area contributed by atoms with Crippen LogP contribution in [-0.2, 0) is 4.79 Å². The van der Waals surface area contributed by atoms with Crippen molar-refractivity contribution in [1.82, 2.24) is 0 Å². The molecule has 2 aliphatic rings. The highest BCUT2D eigenvalue weighted by atomic mass is 16.1. The van der Waals surface area contributed by atoms with E-state index in [2.05, 4.69) is 0 Å². The van der Waals surface area contributed by atoms with Gasteiger partial charge in [-0.05, 0) is 24.7 Å². The fraction of sp³-hybridized carbons (Fsp3) is 0.909. The van der Waals surface area contributed by atoms with E-state index in [1.807, 2.05) is 20.8 Å². The molecule has 2 fully saturated rings. The van der Waals surface area contributed by atoms with Gasteiger partial charge in [0, 0.05) is 11.3 Å². The first-order valence-corrected chi connectivity index (χ1v) is 5.00. The summed E-state index contributed by atoms with van der Waals surface area (Å²) in [7, 11) is 0. The van der Waals surface area contributed by atoms with Gasteiger partial charge in [-0.1, -0.05) is 27.2 Å². The van der Waals surface area contributed by atoms with Crippen molar-refractivity contribution in [3.8, 4) is 0 Å². The van der Waals surface area contributed by atoms with Crippen molar-refractivity contribution in [2.75, 3.05) is 0 Å². The molecule has 1 atom stereocenters. The van der Waals surface area contributed by atoms with E-state index in [1.54, 1.807) is 0 Å². The molecule has 0 aliphatic heterocycles. The highest BCUT2D eigenvalue weighted by molar-refractivity contribution is 5.89. The van der Waals surface area contributed by atoms with Crippen LogP contribution in [0.3, 0.4) is 0 Å². The molecule has 0 N–H and O–H groups in total. The Labute approximate surface area is 74.5 Å². The summed E-state index contributed by atoms with van der Waals surface area (Å²) >= 11 is 0. The van der Waals surface area contributed by atoms with Crippen LogP contribution in [0.25, 0.3) is 0 Å². The maximum absolute atomic E-state index is 11.8. The van der Waals surface area contributed by atoms with Gasteiger partial charge in [0.1, 0.15) is 5.78 Å². The standard InChI is InChI=1S/C11H18O/c1-10(2,3)9(12)8-7-11(8)5-4-6-11/h8H,4-7H2,1-3H3. The van der Waals surface area contributed by atoms with Gasteiger partial charge < -0.3 is 0 Å². The zero-order valence-electron chi connectivity index (χ0n) is 8.31. The number of ketones is 1. The van der Waals surface area contributed by atoms with Crippen LogP contribution < -0.4 is 0 Å². The Hall–Kier alpha value is -0.330. The lowest BCUT2D eigenvalue weighted by Crippen LogP contribution is -2.27. The Bertz CT molecular complexity index is 218. The first-order valence-electron chi connectivity index (χ1n) is 5.00. The molecule has 0 aromatic heterocycles. The minimum atomic E-state index is -0.107. The molecule has 0 bridgehead atoms. The molecule has 2 aliphatic carbocycles. The maximum atomic E-state index is 11.8. The van der Waals surface area contributed by atoms with E-state index in [4.69, 9.17) is 0 Å². The average molecular weight is 166 g/mol. The minimum Gasteiger partial charge on any atom is -0.299 e. The van der Waals surface area contributed by atoms with Crippen LogP contribution in [0.5, 0.6) is 0 Å². The van der Waals surface area contributed by atoms with Crippen molar-refractivity contribution in [2.45, 2.75) is 46.5 Å². The number of carbonyl (C=O) groups excluding carboxylic acids is 1. The maximum Gasteiger partial charge on any atom is 0.141 e. The molecule has 1 heteroatoms. The monoisotopic (exact) mass is 166 g/mol. The molecule has 0 radical (unpaired) electrons. The molecule has 68 valence electrons. The van der Waals surface area contributed by atoms with Crippen LogP contribution in [-0.4, -0.2) is 5.78 Å². The van der Waals surface area contributed by atoms with Gasteiger partial charge in [0.25, 0.3) is 0 Å². The third-order valence-corrected chi connectivity index (χ3v) is 3.59. The highest BCUT2D eigenvalue weighted by Crippen LogP contribution is 2.66. The van der Waals surface area contributed by atoms with Crippen molar-refractivity contribution >= 4 is 5.78 Å². The fourth-order valence-corrected chi connectivity index (χ4v) is 2.42. The Morgan fingerprint density at radius 1 is 1.33 bits per heavy atom.